The maximum atomic E-state index is 6.18. The van der Waals surface area contributed by atoms with E-state index in [1.165, 1.54) is 11.1 Å². The zero-order valence-electron chi connectivity index (χ0n) is 16.6. The highest BCUT2D eigenvalue weighted by atomic mass is 35.5. The molecule has 28 heavy (non-hydrogen) atoms. The molecular weight excluding hydrogens is 376 g/mol. The molecule has 0 fully saturated rings. The maximum Gasteiger partial charge on any atom is 0.229 e. The molecule has 6 nitrogen and oxygen atoms in total. The molecule has 0 amide bonds. The van der Waals surface area contributed by atoms with Crippen molar-refractivity contribution in [1.82, 2.24) is 9.97 Å². The fraction of sp³-hybridized carbons (Fsp3) is 0.238. The summed E-state index contributed by atoms with van der Waals surface area (Å²) < 4.78 is 10.7. The zero-order valence-corrected chi connectivity index (χ0v) is 17.3. The first kappa shape index (κ1) is 19.8. The van der Waals surface area contributed by atoms with E-state index in [0.29, 0.717) is 34.0 Å². The first-order valence-electron chi connectivity index (χ1n) is 8.77. The van der Waals surface area contributed by atoms with E-state index in [4.69, 9.17) is 21.1 Å². The number of anilines is 4. The van der Waals surface area contributed by atoms with Gasteiger partial charge in [0.1, 0.15) is 17.3 Å². The lowest BCUT2D eigenvalue weighted by atomic mass is 10.1. The summed E-state index contributed by atoms with van der Waals surface area (Å²) >= 11 is 6.18. The SMILES string of the molecule is COc1cc(Nc2nc(C)cc(Nc3cc(C)cc(C)c3)n2)c(OC)cc1Cl. The summed E-state index contributed by atoms with van der Waals surface area (Å²) in [6, 6.07) is 11.6. The molecule has 1 aromatic heterocycles. The Morgan fingerprint density at radius 1 is 0.786 bits per heavy atom. The number of aryl methyl sites for hydroxylation is 3. The third-order valence-corrected chi connectivity index (χ3v) is 4.36. The van der Waals surface area contributed by atoms with Gasteiger partial charge < -0.3 is 20.1 Å². The predicted molar refractivity (Wildman–Crippen MR) is 114 cm³/mol. The number of benzene rings is 2. The summed E-state index contributed by atoms with van der Waals surface area (Å²) in [4.78, 5) is 9.04. The lowest BCUT2D eigenvalue weighted by molar-refractivity contribution is 0.405. The van der Waals surface area contributed by atoms with Crippen molar-refractivity contribution >= 4 is 34.7 Å². The van der Waals surface area contributed by atoms with Crippen LogP contribution in [0.3, 0.4) is 0 Å². The average molecular weight is 399 g/mol. The third kappa shape index (κ3) is 4.64. The Hall–Kier alpha value is -2.99. The monoisotopic (exact) mass is 398 g/mol. The van der Waals surface area contributed by atoms with E-state index in [1.54, 1.807) is 26.4 Å². The molecule has 3 rings (SSSR count). The zero-order chi connectivity index (χ0) is 20.3. The molecule has 0 aliphatic carbocycles. The van der Waals surface area contributed by atoms with Crippen LogP contribution >= 0.6 is 11.6 Å². The normalized spacial score (nSPS) is 10.5. The van der Waals surface area contributed by atoms with E-state index in [0.717, 1.165) is 11.4 Å². The number of nitrogens with zero attached hydrogens (tertiary/aromatic N) is 2. The number of methoxy groups -OCH3 is 2. The van der Waals surface area contributed by atoms with Crippen LogP contribution in [0.15, 0.2) is 36.4 Å². The smallest absolute Gasteiger partial charge is 0.229 e. The summed E-state index contributed by atoms with van der Waals surface area (Å²) in [5, 5.41) is 7.00. The van der Waals surface area contributed by atoms with Crippen LogP contribution in [0, 0.1) is 20.8 Å². The average Bonchev–Trinajstić information content (AvgIpc) is 2.61. The van der Waals surface area contributed by atoms with Gasteiger partial charge in [0.2, 0.25) is 5.95 Å². The van der Waals surface area contributed by atoms with Crippen molar-refractivity contribution in [3.8, 4) is 11.5 Å². The quantitative estimate of drug-likeness (QED) is 0.566. The number of halogens is 1. The van der Waals surface area contributed by atoms with Crippen LogP contribution in [0.25, 0.3) is 0 Å². The number of nitrogens with one attached hydrogen (secondary N) is 2. The number of aromatic nitrogens is 2. The highest BCUT2D eigenvalue weighted by Gasteiger charge is 2.12. The van der Waals surface area contributed by atoms with Crippen LogP contribution in [-0.2, 0) is 0 Å². The molecule has 1 heterocycles. The van der Waals surface area contributed by atoms with Crippen LogP contribution in [0.1, 0.15) is 16.8 Å². The second kappa shape index (κ2) is 8.35. The van der Waals surface area contributed by atoms with Crippen molar-refractivity contribution in [2.75, 3.05) is 24.9 Å². The molecule has 0 radical (unpaired) electrons. The van der Waals surface area contributed by atoms with E-state index in [1.807, 2.05) is 13.0 Å². The molecule has 0 aliphatic rings. The topological polar surface area (TPSA) is 68.3 Å². The van der Waals surface area contributed by atoms with Gasteiger partial charge in [0.15, 0.2) is 0 Å². The van der Waals surface area contributed by atoms with Gasteiger partial charge in [-0.1, -0.05) is 17.7 Å². The summed E-state index contributed by atoms with van der Waals surface area (Å²) in [5.74, 6) is 2.24. The number of hydrogen-bond donors (Lipinski definition) is 2. The van der Waals surface area contributed by atoms with Crippen molar-refractivity contribution in [2.45, 2.75) is 20.8 Å². The van der Waals surface area contributed by atoms with E-state index in [2.05, 4.69) is 52.6 Å². The first-order chi connectivity index (χ1) is 13.4. The van der Waals surface area contributed by atoms with E-state index in [9.17, 15) is 0 Å². The molecule has 146 valence electrons. The third-order valence-electron chi connectivity index (χ3n) is 4.07. The molecule has 0 bridgehead atoms. The largest absolute Gasteiger partial charge is 0.495 e. The summed E-state index contributed by atoms with van der Waals surface area (Å²) in [6.45, 7) is 6.05. The van der Waals surface area contributed by atoms with Crippen LogP contribution in [0.5, 0.6) is 11.5 Å². The fourth-order valence-electron chi connectivity index (χ4n) is 2.96. The second-order valence-corrected chi connectivity index (χ2v) is 6.94. The van der Waals surface area contributed by atoms with Crippen LogP contribution in [0.2, 0.25) is 5.02 Å². The minimum Gasteiger partial charge on any atom is -0.495 e. The molecule has 2 N–H and O–H groups in total. The maximum absolute atomic E-state index is 6.18. The van der Waals surface area contributed by atoms with Gasteiger partial charge in [-0.3, -0.25) is 0 Å². The molecule has 0 saturated carbocycles. The van der Waals surface area contributed by atoms with Gasteiger partial charge in [-0.15, -0.1) is 0 Å². The van der Waals surface area contributed by atoms with E-state index >= 15 is 0 Å². The van der Waals surface area contributed by atoms with E-state index < -0.39 is 0 Å². The Labute approximate surface area is 169 Å². The molecule has 7 heteroatoms. The predicted octanol–water partition coefficient (Wildman–Crippen LogP) is 5.56. The standard InChI is InChI=1S/C21H23ClN4O2/c1-12-6-13(2)8-15(7-12)24-20-9-14(3)23-21(26-20)25-17-11-18(27-4)16(22)10-19(17)28-5/h6-11H,1-5H3,(H2,23,24,25,26). The van der Waals surface area contributed by atoms with Gasteiger partial charge in [0, 0.05) is 29.6 Å². The summed E-state index contributed by atoms with van der Waals surface area (Å²) in [6.07, 6.45) is 0. The van der Waals surface area contributed by atoms with Gasteiger partial charge in [0.25, 0.3) is 0 Å². The lowest BCUT2D eigenvalue weighted by Gasteiger charge is -2.14. The minimum absolute atomic E-state index is 0.439. The van der Waals surface area contributed by atoms with E-state index in [-0.39, 0.29) is 0 Å². The highest BCUT2D eigenvalue weighted by molar-refractivity contribution is 6.32. The number of hydrogen-bond acceptors (Lipinski definition) is 6. The van der Waals surface area contributed by atoms with Crippen molar-refractivity contribution in [2.24, 2.45) is 0 Å². The number of ether oxygens (including phenoxy) is 2. The summed E-state index contributed by atoms with van der Waals surface area (Å²) in [7, 11) is 3.14. The Bertz CT molecular complexity index is 988. The van der Waals surface area contributed by atoms with Crippen molar-refractivity contribution in [1.29, 1.82) is 0 Å². The van der Waals surface area contributed by atoms with Gasteiger partial charge >= 0.3 is 0 Å². The van der Waals surface area contributed by atoms with Crippen LogP contribution in [-0.4, -0.2) is 24.2 Å². The number of rotatable bonds is 6. The van der Waals surface area contributed by atoms with Crippen LogP contribution < -0.4 is 20.1 Å². The van der Waals surface area contributed by atoms with Gasteiger partial charge in [0.05, 0.1) is 24.9 Å². The fourth-order valence-corrected chi connectivity index (χ4v) is 3.19. The lowest BCUT2D eigenvalue weighted by Crippen LogP contribution is -2.04. The first-order valence-corrected chi connectivity index (χ1v) is 9.15. The molecule has 0 unspecified atom stereocenters. The Kier molecular flexibility index (Phi) is 5.90. The van der Waals surface area contributed by atoms with Crippen LogP contribution in [0.4, 0.5) is 23.1 Å². The van der Waals surface area contributed by atoms with Gasteiger partial charge in [-0.2, -0.15) is 4.98 Å². The molecule has 3 aromatic rings. The van der Waals surface area contributed by atoms with Crippen molar-refractivity contribution in [3.63, 3.8) is 0 Å². The summed E-state index contributed by atoms with van der Waals surface area (Å²) in [5.41, 5.74) is 4.83. The molecule has 0 spiro atoms. The second-order valence-electron chi connectivity index (χ2n) is 6.53. The Balaban J connectivity index is 1.92. The van der Waals surface area contributed by atoms with Gasteiger partial charge in [-0.25, -0.2) is 4.98 Å². The van der Waals surface area contributed by atoms with Crippen molar-refractivity contribution in [3.05, 3.63) is 58.2 Å². The molecule has 0 atom stereocenters. The molecule has 0 aliphatic heterocycles. The van der Waals surface area contributed by atoms with Gasteiger partial charge in [-0.05, 0) is 44.0 Å². The van der Waals surface area contributed by atoms with Crippen molar-refractivity contribution < 1.29 is 9.47 Å². The minimum atomic E-state index is 0.439. The molecule has 2 aromatic carbocycles. The molecule has 0 saturated heterocycles. The highest BCUT2D eigenvalue weighted by Crippen LogP contribution is 2.37. The Morgan fingerprint density at radius 3 is 2.11 bits per heavy atom. The Morgan fingerprint density at radius 2 is 1.46 bits per heavy atom. The molecular formula is C21H23ClN4O2.